The molecule has 5 nitrogen and oxygen atoms in total. The number of aryl methyl sites for hydroxylation is 2. The number of rotatable bonds is 5. The van der Waals surface area contributed by atoms with Crippen LogP contribution in [0.5, 0.6) is 0 Å². The number of benzene rings is 2. The summed E-state index contributed by atoms with van der Waals surface area (Å²) in [5, 5.41) is 4.17. The van der Waals surface area contributed by atoms with Crippen LogP contribution in [0.3, 0.4) is 0 Å². The van der Waals surface area contributed by atoms with E-state index in [-0.39, 0.29) is 0 Å². The van der Waals surface area contributed by atoms with Crippen LogP contribution >= 0.6 is 34.5 Å². The molecule has 0 saturated carbocycles. The first-order valence-corrected chi connectivity index (χ1v) is 13.9. The van der Waals surface area contributed by atoms with Gasteiger partial charge in [-0.15, -0.1) is 11.3 Å². The second kappa shape index (κ2) is 9.55. The molecule has 2 heterocycles. The van der Waals surface area contributed by atoms with Gasteiger partial charge in [-0.3, -0.25) is 0 Å². The van der Waals surface area contributed by atoms with Gasteiger partial charge in [0, 0.05) is 48.0 Å². The van der Waals surface area contributed by atoms with E-state index in [1.807, 2.05) is 45.2 Å². The number of hydrogen-bond donors (Lipinski definition) is 0. The van der Waals surface area contributed by atoms with Crippen LogP contribution in [-0.4, -0.2) is 43.9 Å². The van der Waals surface area contributed by atoms with Crippen LogP contribution in [0.25, 0.3) is 0 Å². The first kappa shape index (κ1) is 24.5. The van der Waals surface area contributed by atoms with Crippen molar-refractivity contribution in [1.82, 2.24) is 9.29 Å². The van der Waals surface area contributed by atoms with Gasteiger partial charge >= 0.3 is 0 Å². The van der Waals surface area contributed by atoms with Crippen LogP contribution in [-0.2, 0) is 16.4 Å². The summed E-state index contributed by atoms with van der Waals surface area (Å²) in [6.45, 7) is 9.83. The third-order valence-electron chi connectivity index (χ3n) is 6.25. The molecule has 0 radical (unpaired) electrons. The lowest BCUT2D eigenvalue weighted by atomic mass is 10.0. The summed E-state index contributed by atoms with van der Waals surface area (Å²) in [7, 11) is -3.55. The number of hydrogen-bond acceptors (Lipinski definition) is 5. The average Bonchev–Trinajstić information content (AvgIpc) is 3.20. The molecule has 0 atom stereocenters. The molecular weight excluding hydrogens is 497 g/mol. The first-order valence-electron chi connectivity index (χ1n) is 10.8. The molecule has 0 bridgehead atoms. The molecule has 9 heteroatoms. The quantitative estimate of drug-likeness (QED) is 0.424. The van der Waals surface area contributed by atoms with Gasteiger partial charge in [-0.05, 0) is 73.7 Å². The van der Waals surface area contributed by atoms with Crippen molar-refractivity contribution >= 4 is 49.7 Å². The molecule has 1 aliphatic rings. The zero-order chi connectivity index (χ0) is 23.9. The van der Waals surface area contributed by atoms with Crippen molar-refractivity contribution in [3.8, 4) is 0 Å². The number of anilines is 1. The third kappa shape index (κ3) is 5.08. The number of piperazine rings is 1. The molecule has 1 fully saturated rings. The molecule has 4 rings (SSSR count). The van der Waals surface area contributed by atoms with Crippen LogP contribution in [0.15, 0.2) is 34.5 Å². The van der Waals surface area contributed by atoms with Crippen molar-refractivity contribution in [2.75, 3.05) is 31.1 Å². The van der Waals surface area contributed by atoms with Crippen molar-refractivity contribution in [1.29, 1.82) is 0 Å². The molecule has 0 aliphatic carbocycles. The molecule has 176 valence electrons. The van der Waals surface area contributed by atoms with E-state index in [1.165, 1.54) is 0 Å². The minimum atomic E-state index is -3.55. The fourth-order valence-corrected chi connectivity index (χ4v) is 7.71. The fraction of sp³-hybridized carbons (Fsp3) is 0.375. The van der Waals surface area contributed by atoms with Crippen molar-refractivity contribution in [3.05, 3.63) is 73.2 Å². The first-order chi connectivity index (χ1) is 15.6. The largest absolute Gasteiger partial charge is 0.345 e. The molecule has 33 heavy (non-hydrogen) atoms. The van der Waals surface area contributed by atoms with Gasteiger partial charge in [-0.2, -0.15) is 4.31 Å². The molecule has 2 aromatic carbocycles. The normalized spacial score (nSPS) is 15.3. The minimum absolute atomic E-state index is 0.438. The molecule has 3 aromatic rings. The summed E-state index contributed by atoms with van der Waals surface area (Å²) in [4.78, 5) is 7.40. The molecule has 0 spiro atoms. The highest BCUT2D eigenvalue weighted by Gasteiger charge is 2.32. The van der Waals surface area contributed by atoms with Gasteiger partial charge in [0.15, 0.2) is 5.13 Å². The molecule has 0 N–H and O–H groups in total. The summed E-state index contributed by atoms with van der Waals surface area (Å²) in [5.41, 5.74) is 5.65. The van der Waals surface area contributed by atoms with E-state index in [4.69, 9.17) is 28.2 Å². The van der Waals surface area contributed by atoms with Crippen LogP contribution in [0.2, 0.25) is 10.0 Å². The summed E-state index contributed by atoms with van der Waals surface area (Å²) in [6, 6.07) is 7.56. The second-order valence-corrected chi connectivity index (χ2v) is 12.1. The number of halogens is 2. The van der Waals surface area contributed by atoms with Gasteiger partial charge in [-0.1, -0.05) is 29.3 Å². The van der Waals surface area contributed by atoms with Crippen LogP contribution in [0.4, 0.5) is 5.13 Å². The average molecular weight is 525 g/mol. The number of thiazole rings is 1. The topological polar surface area (TPSA) is 53.5 Å². The Morgan fingerprint density at radius 2 is 1.48 bits per heavy atom. The van der Waals surface area contributed by atoms with E-state index in [0.717, 1.165) is 38.6 Å². The highest BCUT2D eigenvalue weighted by Crippen LogP contribution is 2.31. The second-order valence-electron chi connectivity index (χ2n) is 8.56. The smallest absolute Gasteiger partial charge is 0.243 e. The Morgan fingerprint density at radius 1 is 0.909 bits per heavy atom. The maximum absolute atomic E-state index is 13.5. The Labute approximate surface area is 210 Å². The van der Waals surface area contributed by atoms with Crippen molar-refractivity contribution in [3.63, 3.8) is 0 Å². The van der Waals surface area contributed by atoms with E-state index in [0.29, 0.717) is 47.5 Å². The Bertz CT molecular complexity index is 1250. The van der Waals surface area contributed by atoms with E-state index >= 15 is 0 Å². The number of nitrogens with zero attached hydrogens (tertiary/aromatic N) is 3. The highest BCUT2D eigenvalue weighted by molar-refractivity contribution is 7.89. The number of aromatic nitrogens is 1. The lowest BCUT2D eigenvalue weighted by Gasteiger charge is -2.34. The van der Waals surface area contributed by atoms with Crippen molar-refractivity contribution in [2.45, 2.75) is 39.0 Å². The van der Waals surface area contributed by atoms with E-state index in [9.17, 15) is 8.42 Å². The Balaban J connectivity index is 1.47. The Hall–Kier alpha value is -1.64. The zero-order valence-electron chi connectivity index (χ0n) is 19.2. The molecular formula is C24H27Cl2N3O2S2. The van der Waals surface area contributed by atoms with Gasteiger partial charge in [0.25, 0.3) is 0 Å². The van der Waals surface area contributed by atoms with Gasteiger partial charge in [-0.25, -0.2) is 13.4 Å². The van der Waals surface area contributed by atoms with Gasteiger partial charge in [0.05, 0.1) is 10.6 Å². The van der Waals surface area contributed by atoms with Crippen molar-refractivity contribution < 1.29 is 8.42 Å². The third-order valence-corrected chi connectivity index (χ3v) is 9.81. The van der Waals surface area contributed by atoms with E-state index in [2.05, 4.69) is 11.0 Å². The maximum Gasteiger partial charge on any atom is 0.243 e. The summed E-state index contributed by atoms with van der Waals surface area (Å²) in [6.07, 6.45) is 0.649. The van der Waals surface area contributed by atoms with Gasteiger partial charge in [0.2, 0.25) is 10.0 Å². The summed E-state index contributed by atoms with van der Waals surface area (Å²) in [5.74, 6) is 0. The number of sulfonamides is 1. The van der Waals surface area contributed by atoms with Crippen LogP contribution < -0.4 is 4.90 Å². The van der Waals surface area contributed by atoms with Crippen molar-refractivity contribution in [2.24, 2.45) is 0 Å². The highest BCUT2D eigenvalue weighted by atomic mass is 35.5. The lowest BCUT2D eigenvalue weighted by Crippen LogP contribution is -2.49. The SMILES string of the molecule is Cc1cc(C)c(C)c(S(=O)(=O)N2CCN(c3nc(Cc4cc(Cl)cc(Cl)c4)cs3)CC2)c1C. The Morgan fingerprint density at radius 3 is 2.06 bits per heavy atom. The molecule has 0 amide bonds. The zero-order valence-corrected chi connectivity index (χ0v) is 22.3. The van der Waals surface area contributed by atoms with E-state index < -0.39 is 10.0 Å². The van der Waals surface area contributed by atoms with Gasteiger partial charge < -0.3 is 4.90 Å². The predicted octanol–water partition coefficient (Wildman–Crippen LogP) is 5.79. The molecule has 0 unspecified atom stereocenters. The predicted molar refractivity (Wildman–Crippen MR) is 138 cm³/mol. The lowest BCUT2D eigenvalue weighted by molar-refractivity contribution is 0.384. The monoisotopic (exact) mass is 523 g/mol. The molecule has 1 saturated heterocycles. The summed E-state index contributed by atoms with van der Waals surface area (Å²) < 4.78 is 28.6. The fourth-order valence-electron chi connectivity index (χ4n) is 4.26. The summed E-state index contributed by atoms with van der Waals surface area (Å²) >= 11 is 13.8. The maximum atomic E-state index is 13.5. The molecule has 1 aliphatic heterocycles. The van der Waals surface area contributed by atoms with E-state index in [1.54, 1.807) is 21.7 Å². The van der Waals surface area contributed by atoms with Gasteiger partial charge in [0.1, 0.15) is 0 Å². The van der Waals surface area contributed by atoms with Crippen LogP contribution in [0, 0.1) is 27.7 Å². The van der Waals surface area contributed by atoms with Crippen LogP contribution in [0.1, 0.15) is 33.5 Å². The Kier molecular flexibility index (Phi) is 7.08. The minimum Gasteiger partial charge on any atom is -0.345 e. The standard InChI is InChI=1S/C24H27Cl2N3O2S2/c1-15-9-16(2)18(4)23(17(15)3)33(30,31)29-7-5-28(6-8-29)24-27-22(14-32-24)12-19-10-20(25)13-21(26)11-19/h9-11,13-14H,5-8,12H2,1-4H3. The molecule has 1 aromatic heterocycles.